The van der Waals surface area contributed by atoms with E-state index in [1.807, 2.05) is 13.8 Å². The number of fused-ring (bicyclic) bond motifs is 1. The molecule has 0 radical (unpaired) electrons. The first kappa shape index (κ1) is 8.10. The van der Waals surface area contributed by atoms with Gasteiger partial charge in [0.15, 0.2) is 0 Å². The van der Waals surface area contributed by atoms with E-state index in [1.165, 1.54) is 0 Å². The van der Waals surface area contributed by atoms with Gasteiger partial charge in [-0.25, -0.2) is 5.10 Å². The average Bonchev–Trinajstić information content (AvgIpc) is 2.36. The molecule has 5 nitrogen and oxygen atoms in total. The van der Waals surface area contributed by atoms with Gasteiger partial charge in [0.2, 0.25) is 0 Å². The summed E-state index contributed by atoms with van der Waals surface area (Å²) in [5, 5.41) is 14.2. The second-order valence-corrected chi connectivity index (χ2v) is 3.62. The molecular weight excluding hydrogens is 168 g/mol. The van der Waals surface area contributed by atoms with E-state index < -0.39 is 5.54 Å². The Balaban J connectivity index is 2.83. The fourth-order valence-corrected chi connectivity index (χ4v) is 1.45. The number of aryl methyl sites for hydroxylation is 1. The molecule has 1 aromatic heterocycles. The highest BCUT2D eigenvalue weighted by atomic mass is 16.1. The van der Waals surface area contributed by atoms with E-state index in [9.17, 15) is 4.79 Å². The van der Waals surface area contributed by atoms with E-state index in [-0.39, 0.29) is 5.56 Å². The lowest BCUT2D eigenvalue weighted by Crippen LogP contribution is -2.24. The van der Waals surface area contributed by atoms with Crippen LogP contribution < -0.4 is 5.56 Å². The van der Waals surface area contributed by atoms with Gasteiger partial charge in [0.1, 0.15) is 11.2 Å². The predicted molar refractivity (Wildman–Crippen MR) is 47.1 cm³/mol. The van der Waals surface area contributed by atoms with Crippen molar-refractivity contribution in [1.82, 2.24) is 10.2 Å². The van der Waals surface area contributed by atoms with Gasteiger partial charge < -0.3 is 0 Å². The number of hydrogen-bond donors (Lipinski definition) is 1. The SMILES string of the molecule is Cc1n[nH]c(=O)c2c1N=NC2(C)C. The first-order valence-electron chi connectivity index (χ1n) is 4.05. The largest absolute Gasteiger partial charge is 0.272 e. The third-order valence-electron chi connectivity index (χ3n) is 2.14. The molecule has 0 unspecified atom stereocenters. The minimum absolute atomic E-state index is 0.199. The molecule has 1 aliphatic heterocycles. The Morgan fingerprint density at radius 1 is 1.38 bits per heavy atom. The fourth-order valence-electron chi connectivity index (χ4n) is 1.45. The monoisotopic (exact) mass is 178 g/mol. The molecule has 5 heteroatoms. The smallest absolute Gasteiger partial charge is 0.268 e. The first-order valence-corrected chi connectivity index (χ1v) is 4.05. The van der Waals surface area contributed by atoms with Crippen LogP contribution in [0.25, 0.3) is 0 Å². The molecule has 0 spiro atoms. The van der Waals surface area contributed by atoms with Crippen LogP contribution in [0.15, 0.2) is 15.0 Å². The quantitative estimate of drug-likeness (QED) is 0.652. The van der Waals surface area contributed by atoms with Gasteiger partial charge in [0, 0.05) is 0 Å². The topological polar surface area (TPSA) is 70.5 Å². The van der Waals surface area contributed by atoms with Crippen LogP contribution >= 0.6 is 0 Å². The zero-order valence-electron chi connectivity index (χ0n) is 7.75. The number of aromatic amines is 1. The van der Waals surface area contributed by atoms with Crippen molar-refractivity contribution in [2.24, 2.45) is 10.2 Å². The number of azo groups is 1. The van der Waals surface area contributed by atoms with Crippen LogP contribution in [-0.2, 0) is 5.54 Å². The Bertz CT molecular complexity index is 444. The number of nitrogens with one attached hydrogen (secondary N) is 1. The molecule has 1 aromatic rings. The van der Waals surface area contributed by atoms with Crippen LogP contribution in [0.2, 0.25) is 0 Å². The van der Waals surface area contributed by atoms with Crippen LogP contribution in [-0.4, -0.2) is 10.2 Å². The summed E-state index contributed by atoms with van der Waals surface area (Å²) in [6.45, 7) is 5.52. The second kappa shape index (κ2) is 2.25. The second-order valence-electron chi connectivity index (χ2n) is 3.62. The Kier molecular flexibility index (Phi) is 1.40. The number of rotatable bonds is 0. The molecule has 0 atom stereocenters. The van der Waals surface area contributed by atoms with Crippen LogP contribution in [0.4, 0.5) is 5.69 Å². The Morgan fingerprint density at radius 3 is 2.69 bits per heavy atom. The minimum Gasteiger partial charge on any atom is -0.268 e. The highest BCUT2D eigenvalue weighted by Crippen LogP contribution is 2.38. The summed E-state index contributed by atoms with van der Waals surface area (Å²) < 4.78 is 0. The fraction of sp³-hybridized carbons (Fsp3) is 0.500. The van der Waals surface area contributed by atoms with Gasteiger partial charge in [-0.2, -0.15) is 15.3 Å². The standard InChI is InChI=1S/C8H10N4O/c1-4-6-5(7(13)11-9-4)8(2,3)12-10-6/h1-3H3,(H,11,13). The molecule has 0 saturated carbocycles. The lowest BCUT2D eigenvalue weighted by molar-refractivity contribution is 0.547. The minimum atomic E-state index is -0.517. The maximum Gasteiger partial charge on any atom is 0.272 e. The molecule has 0 saturated heterocycles. The van der Waals surface area contributed by atoms with Crippen molar-refractivity contribution < 1.29 is 0 Å². The molecular formula is C8H10N4O. The van der Waals surface area contributed by atoms with Crippen molar-refractivity contribution in [2.45, 2.75) is 26.3 Å². The van der Waals surface area contributed by atoms with E-state index in [4.69, 9.17) is 0 Å². The summed E-state index contributed by atoms with van der Waals surface area (Å²) >= 11 is 0. The predicted octanol–water partition coefficient (Wildman–Crippen LogP) is 1.41. The summed E-state index contributed by atoms with van der Waals surface area (Å²) in [6.07, 6.45) is 0. The van der Waals surface area contributed by atoms with Gasteiger partial charge in [-0.15, -0.1) is 0 Å². The van der Waals surface area contributed by atoms with Crippen LogP contribution in [0.1, 0.15) is 25.1 Å². The van der Waals surface area contributed by atoms with Gasteiger partial charge in [-0.1, -0.05) is 0 Å². The summed E-state index contributed by atoms with van der Waals surface area (Å²) in [5.41, 5.74) is 1.23. The van der Waals surface area contributed by atoms with E-state index in [1.54, 1.807) is 6.92 Å². The molecule has 0 amide bonds. The summed E-state index contributed by atoms with van der Waals surface area (Å²) in [7, 11) is 0. The zero-order chi connectivity index (χ0) is 9.64. The summed E-state index contributed by atoms with van der Waals surface area (Å²) in [6, 6.07) is 0. The molecule has 0 bridgehead atoms. The molecule has 2 rings (SSSR count). The average molecular weight is 178 g/mol. The highest BCUT2D eigenvalue weighted by molar-refractivity contribution is 5.52. The number of H-pyrrole nitrogens is 1. The van der Waals surface area contributed by atoms with E-state index in [2.05, 4.69) is 20.4 Å². The van der Waals surface area contributed by atoms with Crippen molar-refractivity contribution in [2.75, 3.05) is 0 Å². The summed E-state index contributed by atoms with van der Waals surface area (Å²) in [4.78, 5) is 11.4. The molecule has 1 N–H and O–H groups in total. The third-order valence-corrected chi connectivity index (χ3v) is 2.14. The maximum atomic E-state index is 11.4. The van der Waals surface area contributed by atoms with Gasteiger partial charge in [-0.3, -0.25) is 4.79 Å². The van der Waals surface area contributed by atoms with Crippen LogP contribution in [0, 0.1) is 6.92 Å². The number of aromatic nitrogens is 2. The molecule has 0 fully saturated rings. The molecule has 0 aliphatic carbocycles. The Hall–Kier alpha value is -1.52. The molecule has 2 heterocycles. The van der Waals surface area contributed by atoms with E-state index in [0.717, 1.165) is 0 Å². The number of hydrogen-bond acceptors (Lipinski definition) is 4. The first-order chi connectivity index (χ1) is 6.02. The lowest BCUT2D eigenvalue weighted by atomic mass is 9.96. The van der Waals surface area contributed by atoms with Gasteiger partial charge in [0.05, 0.1) is 11.3 Å². The number of nitrogens with zero attached hydrogens (tertiary/aromatic N) is 3. The van der Waals surface area contributed by atoms with Gasteiger partial charge in [-0.05, 0) is 20.8 Å². The lowest BCUT2D eigenvalue weighted by Gasteiger charge is -2.11. The van der Waals surface area contributed by atoms with Gasteiger partial charge in [0.25, 0.3) is 5.56 Å². The van der Waals surface area contributed by atoms with E-state index in [0.29, 0.717) is 16.9 Å². The van der Waals surface area contributed by atoms with Crippen molar-refractivity contribution in [3.63, 3.8) is 0 Å². The highest BCUT2D eigenvalue weighted by Gasteiger charge is 2.33. The van der Waals surface area contributed by atoms with Gasteiger partial charge >= 0.3 is 0 Å². The Morgan fingerprint density at radius 2 is 2.08 bits per heavy atom. The third kappa shape index (κ3) is 0.998. The van der Waals surface area contributed by atoms with Crippen molar-refractivity contribution in [1.29, 1.82) is 0 Å². The van der Waals surface area contributed by atoms with Crippen molar-refractivity contribution >= 4 is 5.69 Å². The van der Waals surface area contributed by atoms with Crippen LogP contribution in [0.5, 0.6) is 0 Å². The molecule has 68 valence electrons. The normalized spacial score (nSPS) is 17.5. The zero-order valence-corrected chi connectivity index (χ0v) is 7.75. The van der Waals surface area contributed by atoms with E-state index >= 15 is 0 Å². The van der Waals surface area contributed by atoms with Crippen LogP contribution in [0.3, 0.4) is 0 Å². The van der Waals surface area contributed by atoms with Crippen molar-refractivity contribution in [3.05, 3.63) is 21.6 Å². The molecule has 13 heavy (non-hydrogen) atoms. The summed E-state index contributed by atoms with van der Waals surface area (Å²) in [5.74, 6) is 0. The molecule has 1 aliphatic rings. The maximum absolute atomic E-state index is 11.4. The van der Waals surface area contributed by atoms with Crippen molar-refractivity contribution in [3.8, 4) is 0 Å². The molecule has 0 aromatic carbocycles. The Labute approximate surface area is 74.9 Å².